The quantitative estimate of drug-likeness (QED) is 0.891. The fraction of sp³-hybridized carbons (Fsp3) is 0.667. The van der Waals surface area contributed by atoms with Crippen molar-refractivity contribution >= 4 is 17.2 Å². The lowest BCUT2D eigenvalue weighted by atomic mass is 10.0. The van der Waals surface area contributed by atoms with Gasteiger partial charge in [0.2, 0.25) is 5.91 Å². The van der Waals surface area contributed by atoms with Crippen molar-refractivity contribution in [1.29, 1.82) is 0 Å². The summed E-state index contributed by atoms with van der Waals surface area (Å²) in [7, 11) is 1.64. The Hall–Kier alpha value is -0.980. The van der Waals surface area contributed by atoms with E-state index in [1.807, 2.05) is 10.3 Å². The summed E-state index contributed by atoms with van der Waals surface area (Å²) in [5, 5.41) is 2.85. The van der Waals surface area contributed by atoms with Crippen LogP contribution in [0.4, 0.5) is 0 Å². The number of carbonyl (C=O) groups excluding carboxylic acids is 1. The van der Waals surface area contributed by atoms with E-state index in [9.17, 15) is 4.79 Å². The third-order valence-electron chi connectivity index (χ3n) is 3.23. The van der Waals surface area contributed by atoms with Crippen LogP contribution >= 0.6 is 11.3 Å². The van der Waals surface area contributed by atoms with Gasteiger partial charge in [0, 0.05) is 37.7 Å². The normalized spacial score (nSPS) is 25.2. The maximum absolute atomic E-state index is 12.2. The second kappa shape index (κ2) is 6.26. The van der Waals surface area contributed by atoms with Gasteiger partial charge in [0.25, 0.3) is 0 Å². The van der Waals surface area contributed by atoms with Crippen LogP contribution in [0.5, 0.6) is 0 Å². The molecule has 1 aliphatic rings. The van der Waals surface area contributed by atoms with E-state index in [1.54, 1.807) is 24.6 Å². The summed E-state index contributed by atoms with van der Waals surface area (Å²) < 4.78 is 5.08. The monoisotopic (exact) mass is 269 g/mol. The molecule has 1 aliphatic heterocycles. The first kappa shape index (κ1) is 13.5. The number of amides is 1. The molecule has 2 N–H and O–H groups in total. The minimum Gasteiger partial charge on any atom is -0.383 e. The molecular weight excluding hydrogens is 250 g/mol. The third kappa shape index (κ3) is 2.88. The van der Waals surface area contributed by atoms with E-state index in [4.69, 9.17) is 10.5 Å². The van der Waals surface area contributed by atoms with Gasteiger partial charge in [-0.3, -0.25) is 4.79 Å². The van der Waals surface area contributed by atoms with E-state index in [1.165, 1.54) is 0 Å². The average Bonchev–Trinajstić information content (AvgIpc) is 2.82. The number of thiazole rings is 1. The predicted octanol–water partition coefficient (Wildman–Crippen LogP) is 1.17. The number of nitrogens with two attached hydrogens (primary N) is 1. The molecule has 0 bridgehead atoms. The number of aromatic nitrogens is 1. The lowest BCUT2D eigenvalue weighted by Gasteiger charge is -2.31. The summed E-state index contributed by atoms with van der Waals surface area (Å²) in [6.45, 7) is 1.10. The van der Waals surface area contributed by atoms with Crippen LogP contribution in [-0.2, 0) is 9.53 Å². The zero-order valence-electron chi connectivity index (χ0n) is 10.5. The van der Waals surface area contributed by atoms with E-state index in [-0.39, 0.29) is 18.0 Å². The molecule has 100 valence electrons. The molecule has 2 unspecified atom stereocenters. The maximum Gasteiger partial charge on any atom is 0.223 e. The summed E-state index contributed by atoms with van der Waals surface area (Å²) in [5.41, 5.74) is 6.23. The van der Waals surface area contributed by atoms with E-state index in [0.717, 1.165) is 17.8 Å². The number of rotatable bonds is 4. The molecule has 1 saturated heterocycles. The van der Waals surface area contributed by atoms with Crippen LogP contribution in [-0.4, -0.2) is 42.1 Å². The molecule has 0 aliphatic carbocycles. The fourth-order valence-electron chi connectivity index (χ4n) is 2.33. The lowest BCUT2D eigenvalue weighted by molar-refractivity contribution is -0.134. The van der Waals surface area contributed by atoms with Gasteiger partial charge in [-0.15, -0.1) is 11.3 Å². The van der Waals surface area contributed by atoms with Crippen LogP contribution in [0, 0.1) is 0 Å². The molecule has 6 heteroatoms. The number of hydrogen-bond donors (Lipinski definition) is 1. The second-order valence-electron chi connectivity index (χ2n) is 4.45. The van der Waals surface area contributed by atoms with Gasteiger partial charge in [-0.1, -0.05) is 0 Å². The molecule has 5 nitrogen and oxygen atoms in total. The van der Waals surface area contributed by atoms with Gasteiger partial charge in [-0.25, -0.2) is 4.98 Å². The first-order valence-electron chi connectivity index (χ1n) is 6.17. The Morgan fingerprint density at radius 2 is 2.50 bits per heavy atom. The van der Waals surface area contributed by atoms with Crippen LogP contribution < -0.4 is 5.73 Å². The van der Waals surface area contributed by atoms with Crippen molar-refractivity contribution in [3.05, 3.63) is 16.6 Å². The van der Waals surface area contributed by atoms with Crippen LogP contribution in [0.25, 0.3) is 0 Å². The molecule has 2 atom stereocenters. The number of carbonyl (C=O) groups is 1. The van der Waals surface area contributed by atoms with Crippen molar-refractivity contribution in [3.8, 4) is 0 Å². The molecule has 2 heterocycles. The van der Waals surface area contributed by atoms with Gasteiger partial charge in [-0.05, 0) is 12.8 Å². The van der Waals surface area contributed by atoms with Gasteiger partial charge in [0.05, 0.1) is 12.6 Å². The number of hydrogen-bond acceptors (Lipinski definition) is 5. The molecule has 2 rings (SSSR count). The number of nitrogens with zero attached hydrogens (tertiary/aromatic N) is 2. The van der Waals surface area contributed by atoms with Crippen LogP contribution in [0.15, 0.2) is 11.6 Å². The predicted molar refractivity (Wildman–Crippen MR) is 70.3 cm³/mol. The average molecular weight is 269 g/mol. The van der Waals surface area contributed by atoms with Crippen molar-refractivity contribution in [2.75, 3.05) is 20.3 Å². The standard InChI is InChI=1S/C12H19N3O2S/c1-17-7-6-15-10(16)4-2-3-9(13)11(15)12-14-5-8-18-12/h5,8-9,11H,2-4,6-7,13H2,1H3. The van der Waals surface area contributed by atoms with Gasteiger partial charge < -0.3 is 15.4 Å². The van der Waals surface area contributed by atoms with E-state index < -0.39 is 0 Å². The number of methoxy groups -OCH3 is 1. The first-order valence-corrected chi connectivity index (χ1v) is 7.05. The van der Waals surface area contributed by atoms with Crippen LogP contribution in [0.2, 0.25) is 0 Å². The van der Waals surface area contributed by atoms with Crippen molar-refractivity contribution in [2.45, 2.75) is 31.3 Å². The Labute approximate surface area is 111 Å². The van der Waals surface area contributed by atoms with Gasteiger partial charge in [0.1, 0.15) is 5.01 Å². The largest absolute Gasteiger partial charge is 0.383 e. The summed E-state index contributed by atoms with van der Waals surface area (Å²) in [6.07, 6.45) is 4.04. The molecule has 0 aromatic carbocycles. The number of likely N-dealkylation sites (tertiary alicyclic amines) is 1. The molecule has 18 heavy (non-hydrogen) atoms. The van der Waals surface area contributed by atoms with Gasteiger partial charge in [-0.2, -0.15) is 0 Å². The maximum atomic E-state index is 12.2. The Morgan fingerprint density at radius 1 is 1.67 bits per heavy atom. The van der Waals surface area contributed by atoms with Crippen LogP contribution in [0.3, 0.4) is 0 Å². The minimum absolute atomic E-state index is 0.0422. The molecular formula is C12H19N3O2S. The highest BCUT2D eigenvalue weighted by molar-refractivity contribution is 7.09. The molecule has 0 spiro atoms. The van der Waals surface area contributed by atoms with E-state index >= 15 is 0 Å². The zero-order valence-corrected chi connectivity index (χ0v) is 11.4. The van der Waals surface area contributed by atoms with Gasteiger partial charge >= 0.3 is 0 Å². The number of ether oxygens (including phenoxy) is 1. The topological polar surface area (TPSA) is 68.5 Å². The molecule has 0 radical (unpaired) electrons. The lowest BCUT2D eigenvalue weighted by Crippen LogP contribution is -2.43. The molecule has 1 aromatic heterocycles. The van der Waals surface area contributed by atoms with Crippen molar-refractivity contribution < 1.29 is 9.53 Å². The SMILES string of the molecule is COCCN1C(=O)CCCC(N)C1c1nccs1. The summed E-state index contributed by atoms with van der Waals surface area (Å²) >= 11 is 1.56. The molecule has 0 saturated carbocycles. The highest BCUT2D eigenvalue weighted by Crippen LogP contribution is 2.30. The summed E-state index contributed by atoms with van der Waals surface area (Å²) in [6, 6.07) is -0.144. The highest BCUT2D eigenvalue weighted by Gasteiger charge is 2.34. The van der Waals surface area contributed by atoms with Crippen molar-refractivity contribution in [2.24, 2.45) is 5.73 Å². The van der Waals surface area contributed by atoms with E-state index in [0.29, 0.717) is 19.6 Å². The van der Waals surface area contributed by atoms with Crippen LogP contribution in [0.1, 0.15) is 30.3 Å². The Balaban J connectivity index is 2.24. The van der Waals surface area contributed by atoms with Gasteiger partial charge in [0.15, 0.2) is 0 Å². The minimum atomic E-state index is -0.102. The second-order valence-corrected chi connectivity index (χ2v) is 5.38. The van der Waals surface area contributed by atoms with Crippen molar-refractivity contribution in [1.82, 2.24) is 9.88 Å². The fourth-order valence-corrected chi connectivity index (χ4v) is 3.15. The molecule has 1 amide bonds. The third-order valence-corrected chi connectivity index (χ3v) is 4.08. The summed E-state index contributed by atoms with van der Waals surface area (Å²) in [4.78, 5) is 18.3. The zero-order chi connectivity index (χ0) is 13.0. The smallest absolute Gasteiger partial charge is 0.223 e. The highest BCUT2D eigenvalue weighted by atomic mass is 32.1. The van der Waals surface area contributed by atoms with Crippen molar-refractivity contribution in [3.63, 3.8) is 0 Å². The molecule has 1 fully saturated rings. The van der Waals surface area contributed by atoms with E-state index in [2.05, 4.69) is 4.98 Å². The Bertz CT molecular complexity index is 383. The molecule has 1 aromatic rings. The first-order chi connectivity index (χ1) is 8.74. The Kier molecular flexibility index (Phi) is 4.68. The Morgan fingerprint density at radius 3 is 3.17 bits per heavy atom. The summed E-state index contributed by atoms with van der Waals surface area (Å²) in [5.74, 6) is 0.153.